The van der Waals surface area contributed by atoms with E-state index in [1.165, 1.54) is 63.3 Å². The third-order valence-electron chi connectivity index (χ3n) is 10.2. The number of carbonyl (C=O) groups excluding carboxylic acids is 1. The van der Waals surface area contributed by atoms with Gasteiger partial charge < -0.3 is 14.6 Å². The van der Waals surface area contributed by atoms with Gasteiger partial charge in [0, 0.05) is 48.9 Å². The van der Waals surface area contributed by atoms with Crippen molar-refractivity contribution in [2.45, 2.75) is 63.8 Å². The second-order valence-corrected chi connectivity index (χ2v) is 15.0. The summed E-state index contributed by atoms with van der Waals surface area (Å²) in [5, 5.41) is 4.14. The zero-order chi connectivity index (χ0) is 27.9. The van der Waals surface area contributed by atoms with Crippen molar-refractivity contribution in [2.75, 3.05) is 32.7 Å². The number of nitrogens with zero attached hydrogens (tertiary/aromatic N) is 2. The summed E-state index contributed by atoms with van der Waals surface area (Å²) >= 11 is 13.5. The zero-order valence-corrected chi connectivity index (χ0v) is 26.0. The van der Waals surface area contributed by atoms with Gasteiger partial charge in [0.1, 0.15) is 15.8 Å². The standard InChI is InChI=1S/C33H40ClN3O2S2/c34-27-7-5-23(6-8-27)28-19-24(4-2-1-3-11-36-12-9-35-10-13-36)29(39-28)20-30-32(38)37(33(40)41-30)31-25-15-21-14-22(17-25)18-26(31)16-21/h5-8,19-22,25-26,31,35H,1-4,9-18H2. The minimum absolute atomic E-state index is 0.0869. The fourth-order valence-electron chi connectivity index (χ4n) is 8.45. The summed E-state index contributed by atoms with van der Waals surface area (Å²) in [6, 6.07) is 10.2. The average Bonchev–Trinajstić information content (AvgIpc) is 3.49. The molecular weight excluding hydrogens is 570 g/mol. The lowest BCUT2D eigenvalue weighted by atomic mass is 9.54. The number of halogens is 1. The van der Waals surface area contributed by atoms with Crippen molar-refractivity contribution >= 4 is 51.9 Å². The van der Waals surface area contributed by atoms with Crippen molar-refractivity contribution in [1.29, 1.82) is 0 Å². The molecule has 1 N–H and O–H groups in total. The number of amides is 1. The first-order valence-corrected chi connectivity index (χ1v) is 17.2. The van der Waals surface area contributed by atoms with Gasteiger partial charge >= 0.3 is 0 Å². The number of thioether (sulfide) groups is 1. The number of thiocarbonyl (C=S) groups is 1. The maximum Gasteiger partial charge on any atom is 0.266 e. The fraction of sp³-hybridized carbons (Fsp3) is 0.576. The average molecular weight is 610 g/mol. The van der Waals surface area contributed by atoms with Crippen LogP contribution in [0.2, 0.25) is 5.02 Å². The van der Waals surface area contributed by atoms with Crippen LogP contribution in [0.3, 0.4) is 0 Å². The number of piperazine rings is 1. The van der Waals surface area contributed by atoms with E-state index in [-0.39, 0.29) is 11.9 Å². The van der Waals surface area contributed by atoms with Gasteiger partial charge in [0.15, 0.2) is 0 Å². The molecule has 1 amide bonds. The number of furan rings is 1. The van der Waals surface area contributed by atoms with Crippen molar-refractivity contribution in [1.82, 2.24) is 15.1 Å². The van der Waals surface area contributed by atoms with E-state index in [0.717, 1.165) is 77.8 Å². The van der Waals surface area contributed by atoms with Gasteiger partial charge in [-0.05, 0) is 117 Å². The Morgan fingerprint density at radius 2 is 1.71 bits per heavy atom. The molecule has 0 spiro atoms. The van der Waals surface area contributed by atoms with E-state index < -0.39 is 0 Å². The molecule has 6 aliphatic rings. The van der Waals surface area contributed by atoms with E-state index in [0.29, 0.717) is 21.8 Å². The largest absolute Gasteiger partial charge is 0.456 e. The van der Waals surface area contributed by atoms with Crippen molar-refractivity contribution in [3.8, 4) is 11.3 Å². The van der Waals surface area contributed by atoms with E-state index >= 15 is 0 Å². The molecule has 3 heterocycles. The minimum atomic E-state index is 0.0869. The summed E-state index contributed by atoms with van der Waals surface area (Å²) in [6.07, 6.45) is 12.9. The molecule has 218 valence electrons. The third-order valence-corrected chi connectivity index (χ3v) is 11.7. The predicted octanol–water partition coefficient (Wildman–Crippen LogP) is 7.24. The molecule has 8 rings (SSSR count). The van der Waals surface area contributed by atoms with Crippen LogP contribution in [0.5, 0.6) is 0 Å². The molecule has 0 unspecified atom stereocenters. The smallest absolute Gasteiger partial charge is 0.266 e. The molecule has 5 nitrogen and oxygen atoms in total. The van der Waals surface area contributed by atoms with Crippen LogP contribution in [0.1, 0.15) is 62.7 Å². The Hall–Kier alpha value is -1.64. The Kier molecular flexibility index (Phi) is 8.35. The SMILES string of the molecule is O=C1C(=Cc2oc(-c3ccc(Cl)cc3)cc2CCCCCN2CCNCC2)SC(=S)N1C1C2CC3CC(C2)CC1C3. The van der Waals surface area contributed by atoms with Gasteiger partial charge in [0.05, 0.1) is 4.91 Å². The van der Waals surface area contributed by atoms with Crippen LogP contribution in [-0.4, -0.2) is 58.8 Å². The summed E-state index contributed by atoms with van der Waals surface area (Å²) in [4.78, 5) is 19.2. The lowest BCUT2D eigenvalue weighted by Crippen LogP contribution is -2.57. The second kappa shape index (κ2) is 12.2. The lowest BCUT2D eigenvalue weighted by Gasteiger charge is -2.56. The van der Waals surface area contributed by atoms with Gasteiger partial charge in [-0.2, -0.15) is 0 Å². The number of benzene rings is 1. The summed E-state index contributed by atoms with van der Waals surface area (Å²) in [6.45, 7) is 5.67. The quantitative estimate of drug-likeness (QED) is 0.184. The highest BCUT2D eigenvalue weighted by Crippen LogP contribution is 2.56. The molecule has 2 aliphatic heterocycles. The second-order valence-electron chi connectivity index (χ2n) is 12.9. The lowest BCUT2D eigenvalue weighted by molar-refractivity contribution is -0.130. The van der Waals surface area contributed by atoms with Gasteiger partial charge in [0.2, 0.25) is 0 Å². The van der Waals surface area contributed by atoms with Crippen molar-refractivity contribution in [3.63, 3.8) is 0 Å². The maximum absolute atomic E-state index is 13.9. The maximum atomic E-state index is 13.9. The molecule has 2 aromatic rings. The first kappa shape index (κ1) is 28.1. The molecule has 4 bridgehead atoms. The highest BCUT2D eigenvalue weighted by Gasteiger charge is 2.53. The molecule has 0 atom stereocenters. The van der Waals surface area contributed by atoms with Gasteiger partial charge in [-0.15, -0.1) is 0 Å². The summed E-state index contributed by atoms with van der Waals surface area (Å²) in [5.41, 5.74) is 2.16. The summed E-state index contributed by atoms with van der Waals surface area (Å²) in [5.74, 6) is 4.68. The van der Waals surface area contributed by atoms with Crippen LogP contribution in [0.15, 0.2) is 39.7 Å². The topological polar surface area (TPSA) is 48.7 Å². The van der Waals surface area contributed by atoms with E-state index in [1.807, 2.05) is 35.2 Å². The molecule has 41 heavy (non-hydrogen) atoms. The predicted molar refractivity (Wildman–Crippen MR) is 172 cm³/mol. The van der Waals surface area contributed by atoms with Crippen LogP contribution in [0.25, 0.3) is 17.4 Å². The molecule has 0 radical (unpaired) electrons. The highest BCUT2D eigenvalue weighted by atomic mass is 35.5. The van der Waals surface area contributed by atoms with E-state index in [9.17, 15) is 4.79 Å². The van der Waals surface area contributed by atoms with E-state index in [2.05, 4.69) is 16.3 Å². The van der Waals surface area contributed by atoms with Gasteiger partial charge in [-0.25, -0.2) is 0 Å². The van der Waals surface area contributed by atoms with Gasteiger partial charge in [0.25, 0.3) is 5.91 Å². The highest BCUT2D eigenvalue weighted by molar-refractivity contribution is 8.26. The van der Waals surface area contributed by atoms with Crippen LogP contribution in [0, 0.1) is 23.7 Å². The Morgan fingerprint density at radius 3 is 2.41 bits per heavy atom. The Labute approximate surface area is 258 Å². The van der Waals surface area contributed by atoms with Crippen LogP contribution in [-0.2, 0) is 11.2 Å². The first-order valence-electron chi connectivity index (χ1n) is 15.6. The first-order chi connectivity index (χ1) is 20.0. The van der Waals surface area contributed by atoms with Crippen LogP contribution < -0.4 is 5.32 Å². The summed E-state index contributed by atoms with van der Waals surface area (Å²) < 4.78 is 7.19. The molecule has 4 saturated carbocycles. The van der Waals surface area contributed by atoms with Gasteiger partial charge in [-0.1, -0.05) is 42.0 Å². The monoisotopic (exact) mass is 609 g/mol. The number of hydrogen-bond donors (Lipinski definition) is 1. The van der Waals surface area contributed by atoms with Crippen molar-refractivity contribution in [2.24, 2.45) is 23.7 Å². The number of unbranched alkanes of at least 4 members (excludes halogenated alkanes) is 2. The minimum Gasteiger partial charge on any atom is -0.456 e. The van der Waals surface area contributed by atoms with Crippen LogP contribution >= 0.6 is 35.6 Å². The number of rotatable bonds is 9. The Balaban J connectivity index is 1.08. The van der Waals surface area contributed by atoms with E-state index in [4.69, 9.17) is 28.2 Å². The number of hydrogen-bond acceptors (Lipinski definition) is 6. The molecule has 1 aromatic carbocycles. The molecule has 8 heteroatoms. The fourth-order valence-corrected chi connectivity index (χ4v) is 9.90. The molecular formula is C33H40ClN3O2S2. The number of aryl methyl sites for hydroxylation is 1. The molecule has 4 aliphatic carbocycles. The Bertz CT molecular complexity index is 1290. The normalized spacial score (nSPS) is 30.7. The van der Waals surface area contributed by atoms with Crippen molar-refractivity contribution in [3.05, 3.63) is 51.6 Å². The molecule has 1 aromatic heterocycles. The number of carbonyl (C=O) groups is 1. The van der Waals surface area contributed by atoms with Gasteiger partial charge in [-0.3, -0.25) is 9.69 Å². The molecule has 2 saturated heterocycles. The number of nitrogens with one attached hydrogen (secondary N) is 1. The summed E-state index contributed by atoms with van der Waals surface area (Å²) in [7, 11) is 0. The Morgan fingerprint density at radius 1 is 1.00 bits per heavy atom. The van der Waals surface area contributed by atoms with Crippen molar-refractivity contribution < 1.29 is 9.21 Å². The third kappa shape index (κ3) is 5.95. The zero-order valence-electron chi connectivity index (χ0n) is 23.7. The van der Waals surface area contributed by atoms with E-state index in [1.54, 1.807) is 0 Å². The van der Waals surface area contributed by atoms with Crippen LogP contribution in [0.4, 0.5) is 0 Å². The molecule has 6 fully saturated rings.